The van der Waals surface area contributed by atoms with Crippen molar-refractivity contribution in [3.63, 3.8) is 0 Å². The summed E-state index contributed by atoms with van der Waals surface area (Å²) in [7, 11) is 0. The first-order valence-corrected chi connectivity index (χ1v) is 7.13. The van der Waals surface area contributed by atoms with Crippen molar-refractivity contribution in [2.24, 2.45) is 0 Å². The summed E-state index contributed by atoms with van der Waals surface area (Å²) in [6.07, 6.45) is 6.67. The quantitative estimate of drug-likeness (QED) is 0.755. The van der Waals surface area contributed by atoms with E-state index in [-0.39, 0.29) is 5.91 Å². The number of nitrogens with zero attached hydrogens (tertiary/aromatic N) is 2. The lowest BCUT2D eigenvalue weighted by Crippen LogP contribution is -2.11. The van der Waals surface area contributed by atoms with Crippen molar-refractivity contribution < 1.29 is 4.79 Å². The van der Waals surface area contributed by atoms with Crippen molar-refractivity contribution in [3.8, 4) is 0 Å². The average Bonchev–Trinajstić information content (AvgIpc) is 3.11. The number of hydrogen-bond donors (Lipinski definition) is 2. The van der Waals surface area contributed by atoms with E-state index >= 15 is 0 Å². The molecule has 0 saturated carbocycles. The Balaban J connectivity index is 1.60. The van der Waals surface area contributed by atoms with Crippen LogP contribution in [0.4, 0.5) is 5.69 Å². The molecular weight excluding hydrogens is 264 g/mol. The van der Waals surface area contributed by atoms with Gasteiger partial charge in [-0.05, 0) is 25.0 Å². The second-order valence-corrected chi connectivity index (χ2v) is 4.99. The Morgan fingerprint density at radius 3 is 3.05 bits per heavy atom. The number of anilines is 1. The molecule has 0 spiro atoms. The maximum Gasteiger partial charge on any atom is 0.224 e. The second kappa shape index (κ2) is 5.83. The van der Waals surface area contributed by atoms with E-state index in [2.05, 4.69) is 21.5 Å². The zero-order chi connectivity index (χ0) is 14.7. The fourth-order valence-electron chi connectivity index (χ4n) is 2.41. The number of benzene rings is 1. The summed E-state index contributed by atoms with van der Waals surface area (Å²) in [5, 5.41) is 8.19. The van der Waals surface area contributed by atoms with Crippen LogP contribution in [0.1, 0.15) is 18.9 Å². The molecule has 2 N–H and O–H groups in total. The third-order valence-electron chi connectivity index (χ3n) is 3.54. The molecule has 21 heavy (non-hydrogen) atoms. The molecule has 5 heteroatoms. The lowest BCUT2D eigenvalue weighted by molar-refractivity contribution is -0.116. The Morgan fingerprint density at radius 2 is 2.24 bits per heavy atom. The highest BCUT2D eigenvalue weighted by molar-refractivity contribution is 5.91. The van der Waals surface area contributed by atoms with Gasteiger partial charge in [0.25, 0.3) is 0 Å². The van der Waals surface area contributed by atoms with E-state index < -0.39 is 0 Å². The normalized spacial score (nSPS) is 10.9. The summed E-state index contributed by atoms with van der Waals surface area (Å²) in [5.41, 5.74) is 3.03. The smallest absolute Gasteiger partial charge is 0.224 e. The molecule has 0 radical (unpaired) electrons. The molecule has 3 aromatic rings. The van der Waals surface area contributed by atoms with Gasteiger partial charge in [-0.3, -0.25) is 9.48 Å². The first kappa shape index (κ1) is 13.4. The number of hydrogen-bond acceptors (Lipinski definition) is 2. The number of carbonyl (C=O) groups excluding carboxylic acids is 1. The monoisotopic (exact) mass is 282 g/mol. The van der Waals surface area contributed by atoms with Crippen LogP contribution in [0.3, 0.4) is 0 Å². The van der Waals surface area contributed by atoms with Crippen LogP contribution in [-0.4, -0.2) is 20.7 Å². The van der Waals surface area contributed by atoms with Crippen molar-refractivity contribution in [2.45, 2.75) is 26.3 Å². The number of H-pyrrole nitrogens is 1. The molecule has 1 aromatic carbocycles. The molecule has 108 valence electrons. The molecule has 0 aliphatic carbocycles. The Labute approximate surface area is 123 Å². The van der Waals surface area contributed by atoms with Gasteiger partial charge in [0.15, 0.2) is 0 Å². The van der Waals surface area contributed by atoms with E-state index in [0.717, 1.165) is 24.2 Å². The fraction of sp³-hybridized carbons (Fsp3) is 0.250. The van der Waals surface area contributed by atoms with Gasteiger partial charge in [-0.15, -0.1) is 0 Å². The van der Waals surface area contributed by atoms with Crippen LogP contribution in [0.5, 0.6) is 0 Å². The Bertz CT molecular complexity index is 756. The third kappa shape index (κ3) is 2.97. The molecule has 0 atom stereocenters. The van der Waals surface area contributed by atoms with E-state index in [9.17, 15) is 4.79 Å². The van der Waals surface area contributed by atoms with Gasteiger partial charge >= 0.3 is 0 Å². The van der Waals surface area contributed by atoms with Gasteiger partial charge in [0, 0.05) is 36.3 Å². The lowest BCUT2D eigenvalue weighted by atomic mass is 10.1. The molecule has 0 fully saturated rings. The molecule has 3 rings (SSSR count). The largest absolute Gasteiger partial charge is 0.361 e. The fourth-order valence-corrected chi connectivity index (χ4v) is 2.41. The van der Waals surface area contributed by atoms with Gasteiger partial charge in [0.1, 0.15) is 0 Å². The average molecular weight is 282 g/mol. The van der Waals surface area contributed by atoms with Gasteiger partial charge in [0.2, 0.25) is 5.91 Å². The Kier molecular flexibility index (Phi) is 3.73. The highest BCUT2D eigenvalue weighted by Crippen LogP contribution is 2.19. The van der Waals surface area contributed by atoms with E-state index in [1.54, 1.807) is 10.9 Å². The molecule has 0 bridgehead atoms. The zero-order valence-corrected chi connectivity index (χ0v) is 12.0. The minimum Gasteiger partial charge on any atom is -0.361 e. The molecule has 5 nitrogen and oxygen atoms in total. The molecule has 1 amide bonds. The number of rotatable bonds is 5. The third-order valence-corrected chi connectivity index (χ3v) is 3.54. The van der Waals surface area contributed by atoms with Crippen LogP contribution in [0.15, 0.2) is 42.9 Å². The van der Waals surface area contributed by atoms with E-state index in [1.807, 2.05) is 37.5 Å². The highest BCUT2D eigenvalue weighted by Gasteiger charge is 2.08. The van der Waals surface area contributed by atoms with Gasteiger partial charge in [-0.25, -0.2) is 0 Å². The summed E-state index contributed by atoms with van der Waals surface area (Å²) >= 11 is 0. The summed E-state index contributed by atoms with van der Waals surface area (Å²) < 4.78 is 1.79. The SMILES string of the molecule is CCn1cc(NC(=O)CCc2c[nH]c3ccccc23)cn1. The molecule has 0 unspecified atom stereocenters. The maximum atomic E-state index is 12.0. The first-order chi connectivity index (χ1) is 10.3. The number of fused-ring (bicyclic) bond motifs is 1. The van der Waals surface area contributed by atoms with Gasteiger partial charge in [-0.2, -0.15) is 5.10 Å². The maximum absolute atomic E-state index is 12.0. The number of amides is 1. The molecule has 0 aliphatic rings. The number of aryl methyl sites for hydroxylation is 2. The Morgan fingerprint density at radius 1 is 1.38 bits per heavy atom. The number of aromatic nitrogens is 3. The van der Waals surface area contributed by atoms with Crippen LogP contribution in [-0.2, 0) is 17.8 Å². The molecule has 2 aromatic heterocycles. The van der Waals surface area contributed by atoms with Crippen molar-refractivity contribution in [3.05, 3.63) is 48.4 Å². The highest BCUT2D eigenvalue weighted by atomic mass is 16.1. The van der Waals surface area contributed by atoms with Crippen LogP contribution >= 0.6 is 0 Å². The van der Waals surface area contributed by atoms with Gasteiger partial charge in [0.05, 0.1) is 11.9 Å². The van der Waals surface area contributed by atoms with Gasteiger partial charge in [-0.1, -0.05) is 18.2 Å². The predicted molar refractivity (Wildman–Crippen MR) is 83.2 cm³/mol. The molecule has 0 aliphatic heterocycles. The Hall–Kier alpha value is -2.56. The predicted octanol–water partition coefficient (Wildman–Crippen LogP) is 2.96. The van der Waals surface area contributed by atoms with Crippen molar-refractivity contribution in [1.82, 2.24) is 14.8 Å². The summed E-state index contributed by atoms with van der Waals surface area (Å²) in [5.74, 6) is 0.0101. The summed E-state index contributed by atoms with van der Waals surface area (Å²) in [6.45, 7) is 2.81. The van der Waals surface area contributed by atoms with Crippen molar-refractivity contribution in [1.29, 1.82) is 0 Å². The standard InChI is InChI=1S/C16H18N4O/c1-2-20-11-13(10-18-20)19-16(21)8-7-12-9-17-15-6-4-3-5-14(12)15/h3-6,9-11,17H,2,7-8H2,1H3,(H,19,21). The van der Waals surface area contributed by atoms with Crippen molar-refractivity contribution >= 4 is 22.5 Å². The minimum absolute atomic E-state index is 0.0101. The summed E-state index contributed by atoms with van der Waals surface area (Å²) in [6, 6.07) is 8.13. The van der Waals surface area contributed by atoms with Crippen LogP contribution in [0, 0.1) is 0 Å². The topological polar surface area (TPSA) is 62.7 Å². The lowest BCUT2D eigenvalue weighted by Gasteiger charge is -2.02. The zero-order valence-electron chi connectivity index (χ0n) is 12.0. The number of nitrogens with one attached hydrogen (secondary N) is 2. The molecule has 2 heterocycles. The van der Waals surface area contributed by atoms with Crippen molar-refractivity contribution in [2.75, 3.05) is 5.32 Å². The molecular formula is C16H18N4O. The number of para-hydroxylation sites is 1. The number of aromatic amines is 1. The van der Waals surface area contributed by atoms with Gasteiger partial charge < -0.3 is 10.3 Å². The second-order valence-electron chi connectivity index (χ2n) is 4.99. The summed E-state index contributed by atoms with van der Waals surface area (Å²) in [4.78, 5) is 15.2. The van der Waals surface area contributed by atoms with E-state index in [4.69, 9.17) is 0 Å². The number of carbonyl (C=O) groups is 1. The van der Waals surface area contributed by atoms with Crippen LogP contribution in [0.25, 0.3) is 10.9 Å². The van der Waals surface area contributed by atoms with E-state index in [0.29, 0.717) is 6.42 Å². The van der Waals surface area contributed by atoms with E-state index in [1.165, 1.54) is 10.9 Å². The van der Waals surface area contributed by atoms with Crippen LogP contribution in [0.2, 0.25) is 0 Å². The minimum atomic E-state index is 0.0101. The first-order valence-electron chi connectivity index (χ1n) is 7.13. The van der Waals surface area contributed by atoms with Crippen LogP contribution < -0.4 is 5.32 Å². The molecule has 0 saturated heterocycles.